The van der Waals surface area contributed by atoms with Gasteiger partial charge in [-0.3, -0.25) is 9.78 Å². The normalized spacial score (nSPS) is 9.74. The summed E-state index contributed by atoms with van der Waals surface area (Å²) in [5.41, 5.74) is 5.94. The molecule has 0 aromatic carbocycles. The lowest BCUT2D eigenvalue weighted by molar-refractivity contribution is 0.0932. The molecule has 0 saturated heterocycles. The summed E-state index contributed by atoms with van der Waals surface area (Å²) in [4.78, 5) is 26.0. The molecule has 1 rings (SSSR count). The molecule has 0 spiro atoms. The van der Waals surface area contributed by atoms with Gasteiger partial charge in [0.05, 0.1) is 6.54 Å². The van der Waals surface area contributed by atoms with Gasteiger partial charge < -0.3 is 21.1 Å². The fraction of sp³-hybridized carbons (Fsp3) is 0.417. The minimum absolute atomic E-state index is 0.0366. The molecule has 0 atom stereocenters. The molecule has 0 radical (unpaired) electrons. The number of carbonyl (C=O) groups excluding carboxylic acids is 2. The molecule has 0 bridgehead atoms. The number of carbonyl (C=O) groups is 2. The molecule has 2 amide bonds. The van der Waals surface area contributed by atoms with E-state index >= 15 is 0 Å². The average Bonchev–Trinajstić information content (AvgIpc) is 2.41. The van der Waals surface area contributed by atoms with Gasteiger partial charge in [0.2, 0.25) is 0 Å². The summed E-state index contributed by atoms with van der Waals surface area (Å²) in [6, 6.07) is 3.46. The van der Waals surface area contributed by atoms with E-state index in [0.717, 1.165) is 18.7 Å². The molecule has 0 aliphatic heterocycles. The smallest absolute Gasteiger partial charge is 0.404 e. The Balaban J connectivity index is 2.45. The van der Waals surface area contributed by atoms with E-state index in [0.29, 0.717) is 5.69 Å². The first-order valence-electron chi connectivity index (χ1n) is 6.04. The highest BCUT2D eigenvalue weighted by Crippen LogP contribution is 2.07. The Morgan fingerprint density at radius 2 is 2.21 bits per heavy atom. The molecule has 0 aliphatic carbocycles. The third-order valence-corrected chi connectivity index (χ3v) is 2.20. The molecule has 0 saturated carbocycles. The summed E-state index contributed by atoms with van der Waals surface area (Å²) < 4.78 is 4.50. The van der Waals surface area contributed by atoms with Crippen LogP contribution in [0.2, 0.25) is 0 Å². The molecule has 1 aromatic heterocycles. The van der Waals surface area contributed by atoms with Crippen LogP contribution >= 0.6 is 0 Å². The van der Waals surface area contributed by atoms with Crippen LogP contribution in [-0.2, 0) is 4.74 Å². The van der Waals surface area contributed by atoms with Crippen molar-refractivity contribution < 1.29 is 14.3 Å². The quantitative estimate of drug-likeness (QED) is 0.631. The zero-order valence-corrected chi connectivity index (χ0v) is 10.8. The highest BCUT2D eigenvalue weighted by molar-refractivity contribution is 5.93. The molecule has 0 fully saturated rings. The van der Waals surface area contributed by atoms with E-state index in [2.05, 4.69) is 27.3 Å². The van der Waals surface area contributed by atoms with Crippen LogP contribution in [0.1, 0.15) is 23.8 Å². The Labute approximate surface area is 111 Å². The van der Waals surface area contributed by atoms with Gasteiger partial charge >= 0.3 is 6.09 Å². The predicted octanol–water partition coefficient (Wildman–Crippen LogP) is 0.729. The van der Waals surface area contributed by atoms with Gasteiger partial charge in [0.15, 0.2) is 0 Å². The Morgan fingerprint density at radius 3 is 2.89 bits per heavy atom. The second kappa shape index (κ2) is 7.91. The van der Waals surface area contributed by atoms with Crippen LogP contribution in [0.15, 0.2) is 18.3 Å². The van der Waals surface area contributed by atoms with Crippen LogP contribution in [0, 0.1) is 0 Å². The molecular formula is C12H18N4O3. The second-order valence-electron chi connectivity index (χ2n) is 3.78. The highest BCUT2D eigenvalue weighted by Gasteiger charge is 2.07. The monoisotopic (exact) mass is 266 g/mol. The number of amides is 2. The fourth-order valence-corrected chi connectivity index (χ4v) is 1.34. The summed E-state index contributed by atoms with van der Waals surface area (Å²) in [6.45, 7) is 3.11. The number of nitrogens with one attached hydrogen (secondary N) is 2. The lowest BCUT2D eigenvalue weighted by Crippen LogP contribution is -2.29. The van der Waals surface area contributed by atoms with Crippen molar-refractivity contribution in [1.29, 1.82) is 0 Å². The number of anilines is 1. The van der Waals surface area contributed by atoms with Crippen molar-refractivity contribution in [3.8, 4) is 0 Å². The van der Waals surface area contributed by atoms with Crippen molar-refractivity contribution in [2.24, 2.45) is 5.73 Å². The number of nitrogens with two attached hydrogens (primary N) is 1. The minimum atomic E-state index is -0.863. The number of rotatable bonds is 7. The number of nitrogens with zero attached hydrogens (tertiary/aromatic N) is 1. The van der Waals surface area contributed by atoms with Crippen LogP contribution < -0.4 is 16.4 Å². The summed E-state index contributed by atoms with van der Waals surface area (Å²) in [5.74, 6) is -0.326. The van der Waals surface area contributed by atoms with Crippen LogP contribution in [0.5, 0.6) is 0 Å². The molecule has 0 unspecified atom stereocenters. The van der Waals surface area contributed by atoms with Crippen molar-refractivity contribution in [1.82, 2.24) is 10.3 Å². The van der Waals surface area contributed by atoms with E-state index in [9.17, 15) is 9.59 Å². The maximum atomic E-state index is 11.7. The number of hydrogen-bond donors (Lipinski definition) is 3. The third kappa shape index (κ3) is 5.71. The Morgan fingerprint density at radius 1 is 1.42 bits per heavy atom. The number of pyridine rings is 1. The molecule has 19 heavy (non-hydrogen) atoms. The van der Waals surface area contributed by atoms with Gasteiger partial charge in [-0.1, -0.05) is 6.92 Å². The van der Waals surface area contributed by atoms with Crippen molar-refractivity contribution in [2.75, 3.05) is 25.0 Å². The van der Waals surface area contributed by atoms with Gasteiger partial charge in [0.1, 0.15) is 12.3 Å². The topological polar surface area (TPSA) is 106 Å². The third-order valence-electron chi connectivity index (χ3n) is 2.20. The maximum Gasteiger partial charge on any atom is 0.404 e. The summed E-state index contributed by atoms with van der Waals surface area (Å²) >= 11 is 0. The number of ether oxygens (including phenoxy) is 1. The van der Waals surface area contributed by atoms with Gasteiger partial charge in [-0.05, 0) is 18.6 Å². The maximum absolute atomic E-state index is 11.7. The van der Waals surface area contributed by atoms with Gasteiger partial charge in [-0.25, -0.2) is 4.79 Å². The Hall–Kier alpha value is -2.31. The number of hydrogen-bond acceptors (Lipinski definition) is 5. The highest BCUT2D eigenvalue weighted by atomic mass is 16.5. The van der Waals surface area contributed by atoms with Gasteiger partial charge in [0, 0.05) is 18.4 Å². The first-order valence-corrected chi connectivity index (χ1v) is 6.04. The zero-order valence-electron chi connectivity index (χ0n) is 10.8. The molecule has 7 nitrogen and oxygen atoms in total. The summed E-state index contributed by atoms with van der Waals surface area (Å²) in [5, 5.41) is 5.74. The van der Waals surface area contributed by atoms with E-state index in [1.54, 1.807) is 18.3 Å². The van der Waals surface area contributed by atoms with Crippen molar-refractivity contribution in [3.05, 3.63) is 24.0 Å². The van der Waals surface area contributed by atoms with E-state index in [-0.39, 0.29) is 19.1 Å². The minimum Gasteiger partial charge on any atom is -0.448 e. The van der Waals surface area contributed by atoms with Crippen molar-refractivity contribution in [3.63, 3.8) is 0 Å². The average molecular weight is 266 g/mol. The Kier molecular flexibility index (Phi) is 6.14. The van der Waals surface area contributed by atoms with Gasteiger partial charge in [0.25, 0.3) is 5.91 Å². The zero-order chi connectivity index (χ0) is 14.1. The first-order chi connectivity index (χ1) is 9.13. The first kappa shape index (κ1) is 14.7. The predicted molar refractivity (Wildman–Crippen MR) is 70.9 cm³/mol. The molecule has 0 aliphatic rings. The molecular weight excluding hydrogens is 248 g/mol. The molecule has 1 aromatic rings. The van der Waals surface area contributed by atoms with Crippen LogP contribution in [0.4, 0.5) is 10.5 Å². The number of primary amides is 1. The Bertz CT molecular complexity index is 437. The van der Waals surface area contributed by atoms with Crippen LogP contribution in [0.3, 0.4) is 0 Å². The van der Waals surface area contributed by atoms with E-state index in [4.69, 9.17) is 5.73 Å². The number of aromatic nitrogens is 1. The molecule has 4 N–H and O–H groups in total. The lowest BCUT2D eigenvalue weighted by atomic mass is 10.3. The van der Waals surface area contributed by atoms with Gasteiger partial charge in [-0.2, -0.15) is 0 Å². The summed E-state index contributed by atoms with van der Waals surface area (Å²) in [7, 11) is 0. The summed E-state index contributed by atoms with van der Waals surface area (Å²) in [6.07, 6.45) is 1.69. The van der Waals surface area contributed by atoms with Crippen molar-refractivity contribution in [2.45, 2.75) is 13.3 Å². The lowest BCUT2D eigenvalue weighted by Gasteiger charge is -2.07. The van der Waals surface area contributed by atoms with Gasteiger partial charge in [-0.15, -0.1) is 0 Å². The van der Waals surface area contributed by atoms with E-state index in [1.165, 1.54) is 0 Å². The SMILES string of the molecule is CCCNc1ccnc(C(=O)NCCOC(N)=O)c1. The molecule has 7 heteroatoms. The van der Waals surface area contributed by atoms with E-state index in [1.807, 2.05) is 0 Å². The van der Waals surface area contributed by atoms with Crippen LogP contribution in [-0.4, -0.2) is 36.7 Å². The standard InChI is InChI=1S/C12H18N4O3/c1-2-4-14-9-3-5-15-10(8-9)11(17)16-6-7-19-12(13)18/h3,5,8H,2,4,6-7H2,1H3,(H2,13,18)(H,14,15)(H,16,17). The largest absolute Gasteiger partial charge is 0.448 e. The van der Waals surface area contributed by atoms with Crippen LogP contribution in [0.25, 0.3) is 0 Å². The van der Waals surface area contributed by atoms with Crippen molar-refractivity contribution >= 4 is 17.7 Å². The molecule has 104 valence electrons. The molecule has 1 heterocycles. The fourth-order valence-electron chi connectivity index (χ4n) is 1.34. The van der Waals surface area contributed by atoms with E-state index < -0.39 is 6.09 Å². The second-order valence-corrected chi connectivity index (χ2v) is 3.78.